The van der Waals surface area contributed by atoms with Gasteiger partial charge in [-0.15, -0.1) is 0 Å². The van der Waals surface area contributed by atoms with Gasteiger partial charge in [0.15, 0.2) is 0 Å². The Morgan fingerprint density at radius 3 is 2.58 bits per heavy atom. The Bertz CT molecular complexity index is 596. The minimum Gasteiger partial charge on any atom is -0.384 e. The van der Waals surface area contributed by atoms with E-state index in [2.05, 4.69) is 15.3 Å². The van der Waals surface area contributed by atoms with Crippen molar-refractivity contribution in [1.82, 2.24) is 9.97 Å². The molecule has 2 rings (SSSR count). The molecule has 1 aromatic carbocycles. The molecule has 3 N–H and O–H groups in total. The van der Waals surface area contributed by atoms with Crippen molar-refractivity contribution in [2.24, 2.45) is 0 Å². The van der Waals surface area contributed by atoms with Crippen molar-refractivity contribution in [3.05, 3.63) is 41.5 Å². The molecule has 19 heavy (non-hydrogen) atoms. The average Bonchev–Trinajstić information content (AvgIpc) is 2.33. The number of halogens is 1. The molecular weight excluding hydrogens is 243 g/mol. The third-order valence-corrected chi connectivity index (χ3v) is 2.71. The number of nitrogens with zero attached hydrogens (tertiary/aromatic N) is 2. The molecule has 0 radical (unpaired) electrons. The fraction of sp³-hybridized carbons (Fsp3) is 0.286. The summed E-state index contributed by atoms with van der Waals surface area (Å²) < 4.78 is 13.2. The fourth-order valence-corrected chi connectivity index (χ4v) is 1.68. The molecule has 0 bridgehead atoms. The van der Waals surface area contributed by atoms with Crippen LogP contribution in [0.15, 0.2) is 24.3 Å². The molecule has 1 heterocycles. The van der Waals surface area contributed by atoms with E-state index < -0.39 is 0 Å². The quantitative estimate of drug-likeness (QED) is 0.888. The van der Waals surface area contributed by atoms with Crippen LogP contribution in [0, 0.1) is 12.7 Å². The zero-order valence-electron chi connectivity index (χ0n) is 11.2. The number of nitrogens with one attached hydrogen (secondary N) is 1. The van der Waals surface area contributed by atoms with E-state index in [0.29, 0.717) is 23.0 Å². The van der Waals surface area contributed by atoms with Crippen LogP contribution < -0.4 is 11.1 Å². The zero-order chi connectivity index (χ0) is 14.0. The number of anilines is 3. The minimum atomic E-state index is -0.226. The van der Waals surface area contributed by atoms with Crippen LogP contribution >= 0.6 is 0 Å². The van der Waals surface area contributed by atoms with Crippen molar-refractivity contribution in [3.8, 4) is 0 Å². The second-order valence-corrected chi connectivity index (χ2v) is 4.78. The normalized spacial score (nSPS) is 10.8. The molecular formula is C14H17FN4. The van der Waals surface area contributed by atoms with E-state index in [0.717, 1.165) is 5.69 Å². The van der Waals surface area contributed by atoms with Gasteiger partial charge in [-0.05, 0) is 30.7 Å². The summed E-state index contributed by atoms with van der Waals surface area (Å²) in [5.74, 6) is 1.68. The molecule has 0 aliphatic heterocycles. The molecule has 0 aliphatic carbocycles. The monoisotopic (exact) mass is 260 g/mol. The van der Waals surface area contributed by atoms with Crippen LogP contribution in [0.1, 0.15) is 31.2 Å². The van der Waals surface area contributed by atoms with Gasteiger partial charge in [-0.3, -0.25) is 0 Å². The van der Waals surface area contributed by atoms with Crippen LogP contribution in [0.5, 0.6) is 0 Å². The highest BCUT2D eigenvalue weighted by atomic mass is 19.1. The van der Waals surface area contributed by atoms with Gasteiger partial charge >= 0.3 is 0 Å². The van der Waals surface area contributed by atoms with Crippen molar-refractivity contribution in [1.29, 1.82) is 0 Å². The summed E-state index contributed by atoms with van der Waals surface area (Å²) in [6.07, 6.45) is 0. The van der Waals surface area contributed by atoms with Crippen LogP contribution in [-0.4, -0.2) is 9.97 Å². The molecule has 4 nitrogen and oxygen atoms in total. The first kappa shape index (κ1) is 13.3. The summed E-state index contributed by atoms with van der Waals surface area (Å²) >= 11 is 0. The number of aromatic nitrogens is 2. The van der Waals surface area contributed by atoms with Gasteiger partial charge in [-0.2, -0.15) is 0 Å². The highest BCUT2D eigenvalue weighted by Crippen LogP contribution is 2.20. The molecule has 0 amide bonds. The third-order valence-electron chi connectivity index (χ3n) is 2.71. The fourth-order valence-electron chi connectivity index (χ4n) is 1.68. The number of hydrogen-bond donors (Lipinski definition) is 2. The van der Waals surface area contributed by atoms with Crippen LogP contribution in [0.4, 0.5) is 21.7 Å². The van der Waals surface area contributed by atoms with Gasteiger partial charge in [0.25, 0.3) is 0 Å². The van der Waals surface area contributed by atoms with Gasteiger partial charge in [0, 0.05) is 17.7 Å². The first-order valence-corrected chi connectivity index (χ1v) is 6.13. The second-order valence-electron chi connectivity index (χ2n) is 4.78. The Labute approximate surface area is 111 Å². The summed E-state index contributed by atoms with van der Waals surface area (Å²) in [5.41, 5.74) is 7.10. The lowest BCUT2D eigenvalue weighted by Gasteiger charge is -2.10. The number of hydrogen-bond acceptors (Lipinski definition) is 4. The van der Waals surface area contributed by atoms with Crippen molar-refractivity contribution < 1.29 is 4.39 Å². The summed E-state index contributed by atoms with van der Waals surface area (Å²) in [4.78, 5) is 8.56. The van der Waals surface area contributed by atoms with Crippen molar-refractivity contribution in [3.63, 3.8) is 0 Å². The van der Waals surface area contributed by atoms with Crippen molar-refractivity contribution >= 4 is 17.3 Å². The SMILES string of the molecule is Cc1cc(Nc2cc(N)nc(C(C)C)n2)ccc1F. The van der Waals surface area contributed by atoms with E-state index in [-0.39, 0.29) is 11.7 Å². The largest absolute Gasteiger partial charge is 0.384 e. The maximum absolute atomic E-state index is 13.2. The minimum absolute atomic E-state index is 0.194. The van der Waals surface area contributed by atoms with Crippen molar-refractivity contribution in [2.75, 3.05) is 11.1 Å². The van der Waals surface area contributed by atoms with Gasteiger partial charge in [-0.25, -0.2) is 14.4 Å². The lowest BCUT2D eigenvalue weighted by Crippen LogP contribution is -2.05. The van der Waals surface area contributed by atoms with Crippen LogP contribution in [0.25, 0.3) is 0 Å². The summed E-state index contributed by atoms with van der Waals surface area (Å²) in [6.45, 7) is 5.72. The lowest BCUT2D eigenvalue weighted by atomic mass is 10.2. The van der Waals surface area contributed by atoms with Gasteiger partial charge in [0.2, 0.25) is 0 Å². The van der Waals surface area contributed by atoms with Gasteiger partial charge in [-0.1, -0.05) is 13.8 Å². The Hall–Kier alpha value is -2.17. The highest BCUT2D eigenvalue weighted by molar-refractivity contribution is 5.59. The average molecular weight is 260 g/mol. The van der Waals surface area contributed by atoms with E-state index >= 15 is 0 Å². The number of benzene rings is 1. The molecule has 0 spiro atoms. The smallest absolute Gasteiger partial charge is 0.136 e. The van der Waals surface area contributed by atoms with Crippen LogP contribution in [0.2, 0.25) is 0 Å². The number of nitrogen functional groups attached to an aromatic ring is 1. The molecule has 100 valence electrons. The molecule has 5 heteroatoms. The van der Waals surface area contributed by atoms with Gasteiger partial charge in [0.05, 0.1) is 0 Å². The Kier molecular flexibility index (Phi) is 3.64. The second kappa shape index (κ2) is 5.22. The first-order chi connectivity index (χ1) is 8.95. The Morgan fingerprint density at radius 2 is 1.95 bits per heavy atom. The molecule has 0 unspecified atom stereocenters. The predicted octanol–water partition coefficient (Wildman–Crippen LogP) is 3.37. The number of nitrogens with two attached hydrogens (primary N) is 1. The maximum atomic E-state index is 13.2. The first-order valence-electron chi connectivity index (χ1n) is 6.13. The summed E-state index contributed by atoms with van der Waals surface area (Å²) in [6, 6.07) is 6.47. The predicted molar refractivity (Wildman–Crippen MR) is 75.0 cm³/mol. The highest BCUT2D eigenvalue weighted by Gasteiger charge is 2.07. The lowest BCUT2D eigenvalue weighted by molar-refractivity contribution is 0.619. The maximum Gasteiger partial charge on any atom is 0.136 e. The van der Waals surface area contributed by atoms with E-state index in [9.17, 15) is 4.39 Å². The van der Waals surface area contributed by atoms with Crippen LogP contribution in [0.3, 0.4) is 0 Å². The van der Waals surface area contributed by atoms with E-state index in [1.165, 1.54) is 6.07 Å². The van der Waals surface area contributed by atoms with Gasteiger partial charge in [0.1, 0.15) is 23.3 Å². The molecule has 0 fully saturated rings. The number of aryl methyl sites for hydroxylation is 1. The Balaban J connectivity index is 2.29. The van der Waals surface area contributed by atoms with E-state index in [4.69, 9.17) is 5.73 Å². The topological polar surface area (TPSA) is 63.8 Å². The van der Waals surface area contributed by atoms with E-state index in [1.54, 1.807) is 25.1 Å². The standard InChI is InChI=1S/C14H17FN4/c1-8(2)14-18-12(16)7-13(19-14)17-10-4-5-11(15)9(3)6-10/h4-8H,1-3H3,(H3,16,17,18,19). The molecule has 2 aromatic rings. The van der Waals surface area contributed by atoms with E-state index in [1.807, 2.05) is 13.8 Å². The summed E-state index contributed by atoms with van der Waals surface area (Å²) in [7, 11) is 0. The molecule has 1 aromatic heterocycles. The molecule has 0 saturated heterocycles. The third kappa shape index (κ3) is 3.19. The van der Waals surface area contributed by atoms with Gasteiger partial charge < -0.3 is 11.1 Å². The molecule has 0 aliphatic rings. The zero-order valence-corrected chi connectivity index (χ0v) is 11.2. The summed E-state index contributed by atoms with van der Waals surface area (Å²) in [5, 5.41) is 3.11. The van der Waals surface area contributed by atoms with Crippen LogP contribution in [-0.2, 0) is 0 Å². The molecule has 0 saturated carbocycles. The Morgan fingerprint density at radius 1 is 1.21 bits per heavy atom. The number of rotatable bonds is 3. The van der Waals surface area contributed by atoms with Crippen molar-refractivity contribution in [2.45, 2.75) is 26.7 Å². The molecule has 0 atom stereocenters.